The van der Waals surface area contributed by atoms with E-state index in [0.717, 1.165) is 34.3 Å². The van der Waals surface area contributed by atoms with Crippen molar-refractivity contribution in [1.82, 2.24) is 14.5 Å². The van der Waals surface area contributed by atoms with Gasteiger partial charge in [-0.3, -0.25) is 18.7 Å². The summed E-state index contributed by atoms with van der Waals surface area (Å²) in [6.07, 6.45) is 0.973. The molecule has 2 N–H and O–H groups in total. The normalized spacial score (nSPS) is 10.9. The molecule has 1 aromatic heterocycles. The van der Waals surface area contributed by atoms with Crippen molar-refractivity contribution in [2.45, 2.75) is 46.7 Å². The number of para-hydroxylation sites is 3. The van der Waals surface area contributed by atoms with Crippen LogP contribution in [0.3, 0.4) is 0 Å². The summed E-state index contributed by atoms with van der Waals surface area (Å²) in [6, 6.07) is 13.4. The van der Waals surface area contributed by atoms with Gasteiger partial charge in [-0.05, 0) is 43.5 Å². The van der Waals surface area contributed by atoms with Crippen LogP contribution in [0.25, 0.3) is 11.0 Å². The lowest BCUT2D eigenvalue weighted by molar-refractivity contribution is -0.124. The van der Waals surface area contributed by atoms with Crippen molar-refractivity contribution >= 4 is 28.5 Å². The number of carbonyl (C=O) groups is 2. The van der Waals surface area contributed by atoms with E-state index >= 15 is 0 Å². The number of hydrogen-bond donors (Lipinski definition) is 2. The summed E-state index contributed by atoms with van der Waals surface area (Å²) in [5, 5.41) is 5.48. The Hall–Kier alpha value is -3.35. The molecule has 7 nitrogen and oxygen atoms in total. The Morgan fingerprint density at radius 3 is 2.07 bits per heavy atom. The maximum absolute atomic E-state index is 12.8. The van der Waals surface area contributed by atoms with Gasteiger partial charge in [0.05, 0.1) is 17.6 Å². The van der Waals surface area contributed by atoms with E-state index in [1.165, 1.54) is 0 Å². The van der Waals surface area contributed by atoms with Gasteiger partial charge in [0.2, 0.25) is 11.8 Å². The molecule has 2 aromatic carbocycles. The number of nitrogens with zero attached hydrogens (tertiary/aromatic N) is 2. The molecule has 0 aliphatic heterocycles. The van der Waals surface area contributed by atoms with Gasteiger partial charge in [-0.1, -0.05) is 37.3 Å². The Morgan fingerprint density at radius 2 is 1.47 bits per heavy atom. The zero-order valence-electron chi connectivity index (χ0n) is 17.7. The monoisotopic (exact) mass is 408 g/mol. The van der Waals surface area contributed by atoms with Crippen LogP contribution in [0.15, 0.2) is 47.3 Å². The molecule has 0 saturated heterocycles. The maximum atomic E-state index is 12.8. The first-order valence-electron chi connectivity index (χ1n) is 10.2. The molecule has 0 spiro atoms. The fourth-order valence-electron chi connectivity index (χ4n) is 3.60. The number of aromatic nitrogens is 2. The minimum absolute atomic E-state index is 0.112. The summed E-state index contributed by atoms with van der Waals surface area (Å²) in [4.78, 5) is 37.2. The smallest absolute Gasteiger partial charge is 0.329 e. The third-order valence-corrected chi connectivity index (χ3v) is 5.13. The van der Waals surface area contributed by atoms with Crippen LogP contribution in [0.2, 0.25) is 0 Å². The first kappa shape index (κ1) is 21.4. The topological polar surface area (TPSA) is 85.1 Å². The predicted molar refractivity (Wildman–Crippen MR) is 119 cm³/mol. The van der Waals surface area contributed by atoms with E-state index in [0.29, 0.717) is 6.54 Å². The van der Waals surface area contributed by atoms with Crippen LogP contribution < -0.4 is 16.3 Å². The molecule has 0 aliphatic rings. The lowest BCUT2D eigenvalue weighted by Crippen LogP contribution is -2.34. The van der Waals surface area contributed by atoms with E-state index in [9.17, 15) is 14.4 Å². The lowest BCUT2D eigenvalue weighted by atomic mass is 10.1. The Balaban J connectivity index is 1.60. The molecule has 0 aliphatic carbocycles. The van der Waals surface area contributed by atoms with Crippen molar-refractivity contribution in [3.8, 4) is 0 Å². The van der Waals surface area contributed by atoms with Gasteiger partial charge in [-0.25, -0.2) is 4.79 Å². The molecule has 158 valence electrons. The summed E-state index contributed by atoms with van der Waals surface area (Å²) in [5.74, 6) is -0.552. The van der Waals surface area contributed by atoms with E-state index in [1.807, 2.05) is 63.2 Å². The summed E-state index contributed by atoms with van der Waals surface area (Å²) in [7, 11) is 0. The van der Waals surface area contributed by atoms with Crippen LogP contribution in [0.1, 0.15) is 30.9 Å². The molecular formula is C23H28N4O3. The molecule has 2 amide bonds. The van der Waals surface area contributed by atoms with Gasteiger partial charge < -0.3 is 10.6 Å². The minimum atomic E-state index is -0.280. The second-order valence-corrected chi connectivity index (χ2v) is 7.42. The van der Waals surface area contributed by atoms with Crippen LogP contribution in [-0.2, 0) is 22.7 Å². The zero-order chi connectivity index (χ0) is 21.7. The molecule has 0 saturated carbocycles. The highest BCUT2D eigenvalue weighted by Crippen LogP contribution is 2.19. The Kier molecular flexibility index (Phi) is 6.72. The van der Waals surface area contributed by atoms with Gasteiger partial charge in [0.15, 0.2) is 0 Å². The van der Waals surface area contributed by atoms with Gasteiger partial charge in [0, 0.05) is 25.2 Å². The number of rotatable bonds is 8. The SMILES string of the molecule is CCCn1c(=O)n(CCC(=O)NCC(=O)Nc2c(C)cccc2C)c2ccccc21. The van der Waals surface area contributed by atoms with Gasteiger partial charge >= 0.3 is 5.69 Å². The largest absolute Gasteiger partial charge is 0.347 e. The quantitative estimate of drug-likeness (QED) is 0.601. The number of amides is 2. The first-order valence-corrected chi connectivity index (χ1v) is 10.2. The zero-order valence-corrected chi connectivity index (χ0v) is 17.7. The summed E-state index contributed by atoms with van der Waals surface area (Å²) in [5.41, 5.74) is 4.29. The van der Waals surface area contributed by atoms with Gasteiger partial charge in [0.25, 0.3) is 0 Å². The van der Waals surface area contributed by atoms with Crippen LogP contribution >= 0.6 is 0 Å². The lowest BCUT2D eigenvalue weighted by Gasteiger charge is -2.12. The molecule has 0 unspecified atom stereocenters. The number of fused-ring (bicyclic) bond motifs is 1. The van der Waals surface area contributed by atoms with Crippen molar-refractivity contribution in [1.29, 1.82) is 0 Å². The summed E-state index contributed by atoms with van der Waals surface area (Å²) in [6.45, 7) is 6.66. The number of carbonyl (C=O) groups excluding carboxylic acids is 2. The van der Waals surface area contributed by atoms with E-state index in [-0.39, 0.29) is 37.0 Å². The molecule has 0 bridgehead atoms. The minimum Gasteiger partial charge on any atom is -0.347 e. The summed E-state index contributed by atoms with van der Waals surface area (Å²) < 4.78 is 3.37. The van der Waals surface area contributed by atoms with E-state index in [2.05, 4.69) is 10.6 Å². The van der Waals surface area contributed by atoms with Crippen molar-refractivity contribution in [2.24, 2.45) is 0 Å². The Bertz CT molecular complexity index is 1110. The molecule has 0 atom stereocenters. The van der Waals surface area contributed by atoms with Crippen LogP contribution in [0.4, 0.5) is 5.69 Å². The van der Waals surface area contributed by atoms with E-state index < -0.39 is 0 Å². The predicted octanol–water partition coefficient (Wildman–Crippen LogP) is 2.97. The second-order valence-electron chi connectivity index (χ2n) is 7.42. The van der Waals surface area contributed by atoms with Crippen molar-refractivity contribution < 1.29 is 9.59 Å². The van der Waals surface area contributed by atoms with E-state index in [1.54, 1.807) is 9.13 Å². The standard InChI is InChI=1S/C23H28N4O3/c1-4-13-26-18-10-5-6-11-19(18)27(23(26)30)14-12-20(28)24-15-21(29)25-22-16(2)8-7-9-17(22)3/h5-11H,4,12-15H2,1-3H3,(H,24,28)(H,25,29). The Morgan fingerprint density at radius 1 is 0.867 bits per heavy atom. The number of hydrogen-bond acceptors (Lipinski definition) is 3. The highest BCUT2D eigenvalue weighted by Gasteiger charge is 2.14. The van der Waals surface area contributed by atoms with Gasteiger partial charge in [0.1, 0.15) is 0 Å². The molecule has 0 fully saturated rings. The van der Waals surface area contributed by atoms with Crippen LogP contribution in [0.5, 0.6) is 0 Å². The average molecular weight is 409 g/mol. The third-order valence-electron chi connectivity index (χ3n) is 5.13. The fraction of sp³-hybridized carbons (Fsp3) is 0.348. The van der Waals surface area contributed by atoms with Crippen molar-refractivity contribution in [3.05, 3.63) is 64.1 Å². The third kappa shape index (κ3) is 4.62. The van der Waals surface area contributed by atoms with Gasteiger partial charge in [-0.15, -0.1) is 0 Å². The number of benzene rings is 2. The fourth-order valence-corrected chi connectivity index (χ4v) is 3.60. The molecule has 30 heavy (non-hydrogen) atoms. The van der Waals surface area contributed by atoms with Gasteiger partial charge in [-0.2, -0.15) is 0 Å². The number of anilines is 1. The highest BCUT2D eigenvalue weighted by atomic mass is 16.2. The van der Waals surface area contributed by atoms with Crippen LogP contribution in [0, 0.1) is 13.8 Å². The van der Waals surface area contributed by atoms with E-state index in [4.69, 9.17) is 0 Å². The molecule has 3 rings (SSSR count). The number of aryl methyl sites for hydroxylation is 4. The van der Waals surface area contributed by atoms with Crippen LogP contribution in [-0.4, -0.2) is 27.5 Å². The average Bonchev–Trinajstić information content (AvgIpc) is 2.99. The van der Waals surface area contributed by atoms with Crippen molar-refractivity contribution in [3.63, 3.8) is 0 Å². The molecular weight excluding hydrogens is 380 g/mol. The second kappa shape index (κ2) is 9.43. The maximum Gasteiger partial charge on any atom is 0.329 e. The van der Waals surface area contributed by atoms with Crippen molar-refractivity contribution in [2.75, 3.05) is 11.9 Å². The molecule has 7 heteroatoms. The molecule has 1 heterocycles. The number of nitrogens with one attached hydrogen (secondary N) is 2. The highest BCUT2D eigenvalue weighted by molar-refractivity contribution is 5.95. The summed E-state index contributed by atoms with van der Waals surface area (Å²) >= 11 is 0. The molecule has 3 aromatic rings. The first-order chi connectivity index (χ1) is 14.4. The molecule has 0 radical (unpaired) electrons. The Labute approximate surface area is 175 Å². The number of imidazole rings is 1.